The number of ether oxygens (including phenoxy) is 2. The van der Waals surface area contributed by atoms with Crippen LogP contribution in [0.25, 0.3) is 10.9 Å². The first kappa shape index (κ1) is 13.1. The summed E-state index contributed by atoms with van der Waals surface area (Å²) in [5, 5.41) is 0.697. The first-order valence-electron chi connectivity index (χ1n) is 5.98. The van der Waals surface area contributed by atoms with Gasteiger partial charge >= 0.3 is 5.97 Å². The van der Waals surface area contributed by atoms with Gasteiger partial charge in [0.25, 0.3) is 0 Å². The summed E-state index contributed by atoms with van der Waals surface area (Å²) in [6.07, 6.45) is 1.42. The maximum Gasteiger partial charge on any atom is 0.341 e. The van der Waals surface area contributed by atoms with Crippen molar-refractivity contribution in [3.05, 3.63) is 29.5 Å². The number of carbonyl (C=O) groups excluding carboxylic acids is 1. The molecule has 0 aliphatic carbocycles. The van der Waals surface area contributed by atoms with Crippen LogP contribution in [0.5, 0.6) is 5.75 Å². The number of nitrogens with zero attached hydrogens (tertiary/aromatic N) is 1. The Hall–Kier alpha value is -2.30. The number of esters is 1. The Kier molecular flexibility index (Phi) is 3.55. The molecule has 5 heteroatoms. The number of hydrogen-bond acceptors (Lipinski definition) is 5. The van der Waals surface area contributed by atoms with Gasteiger partial charge in [0.2, 0.25) is 0 Å². The second-order valence-corrected chi connectivity index (χ2v) is 4.17. The van der Waals surface area contributed by atoms with E-state index in [1.807, 2.05) is 19.1 Å². The van der Waals surface area contributed by atoms with Crippen LogP contribution in [0, 0.1) is 6.92 Å². The fourth-order valence-corrected chi connectivity index (χ4v) is 1.95. The number of pyridine rings is 1. The minimum absolute atomic E-state index is 0.280. The largest absolute Gasteiger partial charge is 0.494 e. The third kappa shape index (κ3) is 2.31. The number of benzene rings is 1. The number of aryl methyl sites for hydroxylation is 1. The summed E-state index contributed by atoms with van der Waals surface area (Å²) in [6.45, 7) is 3.97. The number of fused-ring (bicyclic) bond motifs is 1. The van der Waals surface area contributed by atoms with Crippen molar-refractivity contribution < 1.29 is 14.3 Å². The average Bonchev–Trinajstić information content (AvgIpc) is 2.39. The van der Waals surface area contributed by atoms with E-state index in [-0.39, 0.29) is 5.56 Å². The van der Waals surface area contributed by atoms with Gasteiger partial charge in [-0.25, -0.2) is 4.79 Å². The molecule has 0 bridgehead atoms. The normalized spacial score (nSPS) is 10.5. The molecule has 2 rings (SSSR count). The monoisotopic (exact) mass is 260 g/mol. The van der Waals surface area contributed by atoms with Crippen molar-refractivity contribution in [1.82, 2.24) is 4.98 Å². The van der Waals surface area contributed by atoms with Crippen LogP contribution < -0.4 is 10.5 Å². The van der Waals surface area contributed by atoms with E-state index in [1.54, 1.807) is 14.0 Å². The van der Waals surface area contributed by atoms with Gasteiger partial charge in [0.15, 0.2) is 0 Å². The minimum atomic E-state index is -0.463. The zero-order chi connectivity index (χ0) is 14.0. The molecule has 0 amide bonds. The molecule has 0 radical (unpaired) electrons. The second-order valence-electron chi connectivity index (χ2n) is 4.17. The number of hydrogen-bond donors (Lipinski definition) is 1. The summed E-state index contributed by atoms with van der Waals surface area (Å²) in [7, 11) is 1.57. The smallest absolute Gasteiger partial charge is 0.341 e. The van der Waals surface area contributed by atoms with Gasteiger partial charge in [-0.2, -0.15) is 0 Å². The van der Waals surface area contributed by atoms with Gasteiger partial charge < -0.3 is 15.2 Å². The molecule has 0 spiro atoms. The lowest BCUT2D eigenvalue weighted by atomic mass is 10.1. The van der Waals surface area contributed by atoms with Crippen LogP contribution in [0.4, 0.5) is 5.69 Å². The molecule has 0 saturated carbocycles. The molecule has 2 N–H and O–H groups in total. The Morgan fingerprint density at radius 3 is 2.79 bits per heavy atom. The van der Waals surface area contributed by atoms with Crippen LogP contribution in [0.1, 0.15) is 22.8 Å². The van der Waals surface area contributed by atoms with Gasteiger partial charge in [-0.1, -0.05) is 0 Å². The number of carbonyl (C=O) groups is 1. The number of nitrogen functional groups attached to an aromatic ring is 1. The Bertz CT molecular complexity index is 638. The molecule has 0 aliphatic rings. The van der Waals surface area contributed by atoms with Crippen molar-refractivity contribution in [1.29, 1.82) is 0 Å². The van der Waals surface area contributed by atoms with Crippen LogP contribution in [-0.2, 0) is 4.74 Å². The molecular formula is C14H16N2O3. The highest BCUT2D eigenvalue weighted by molar-refractivity contribution is 6.05. The van der Waals surface area contributed by atoms with Gasteiger partial charge in [-0.15, -0.1) is 0 Å². The zero-order valence-electron chi connectivity index (χ0n) is 11.2. The predicted octanol–water partition coefficient (Wildman–Crippen LogP) is 2.31. The van der Waals surface area contributed by atoms with Crippen LogP contribution in [0.2, 0.25) is 0 Å². The van der Waals surface area contributed by atoms with Crippen LogP contribution >= 0.6 is 0 Å². The zero-order valence-corrected chi connectivity index (χ0v) is 11.2. The average molecular weight is 260 g/mol. The highest BCUT2D eigenvalue weighted by Crippen LogP contribution is 2.31. The highest BCUT2D eigenvalue weighted by atomic mass is 16.5. The topological polar surface area (TPSA) is 74.4 Å². The highest BCUT2D eigenvalue weighted by Gasteiger charge is 2.16. The molecule has 0 aliphatic heterocycles. The Balaban J connectivity index is 2.68. The number of anilines is 1. The van der Waals surface area contributed by atoms with Crippen molar-refractivity contribution in [3.63, 3.8) is 0 Å². The molecule has 0 unspecified atom stereocenters. The third-order valence-corrected chi connectivity index (χ3v) is 2.84. The fraction of sp³-hybridized carbons (Fsp3) is 0.286. The van der Waals surface area contributed by atoms with Crippen molar-refractivity contribution >= 4 is 22.6 Å². The molecule has 0 atom stereocenters. The first-order valence-corrected chi connectivity index (χ1v) is 5.98. The molecule has 1 aromatic carbocycles. The van der Waals surface area contributed by atoms with E-state index in [2.05, 4.69) is 4.98 Å². The molecule has 0 saturated heterocycles. The van der Waals surface area contributed by atoms with Crippen LogP contribution in [0.15, 0.2) is 18.3 Å². The van der Waals surface area contributed by atoms with Gasteiger partial charge in [0.05, 0.1) is 19.4 Å². The van der Waals surface area contributed by atoms with Crippen LogP contribution in [-0.4, -0.2) is 24.7 Å². The summed E-state index contributed by atoms with van der Waals surface area (Å²) in [6, 6.07) is 3.75. The standard InChI is InChI=1S/C14H16N2O3/c1-4-19-14(17)10-7-16-13-9(12(10)15)5-8(2)6-11(13)18-3/h5-7H,4H2,1-3H3,(H2,15,16). The first-order chi connectivity index (χ1) is 9.08. The number of aromatic nitrogens is 1. The lowest BCUT2D eigenvalue weighted by molar-refractivity contribution is 0.0527. The predicted molar refractivity (Wildman–Crippen MR) is 73.4 cm³/mol. The number of nitrogens with two attached hydrogens (primary N) is 1. The SMILES string of the molecule is CCOC(=O)c1cnc2c(OC)cc(C)cc2c1N. The van der Waals surface area contributed by atoms with E-state index in [0.29, 0.717) is 28.9 Å². The molecule has 19 heavy (non-hydrogen) atoms. The lowest BCUT2D eigenvalue weighted by Gasteiger charge is -2.11. The summed E-state index contributed by atoms with van der Waals surface area (Å²) in [4.78, 5) is 16.0. The third-order valence-electron chi connectivity index (χ3n) is 2.84. The van der Waals surface area contributed by atoms with Gasteiger partial charge in [0, 0.05) is 11.6 Å². The molecule has 2 aromatic rings. The van der Waals surface area contributed by atoms with E-state index in [9.17, 15) is 4.79 Å². The molecule has 5 nitrogen and oxygen atoms in total. The van der Waals surface area contributed by atoms with Crippen LogP contribution in [0.3, 0.4) is 0 Å². The van der Waals surface area contributed by atoms with E-state index in [4.69, 9.17) is 15.2 Å². The maximum atomic E-state index is 11.8. The number of rotatable bonds is 3. The van der Waals surface area contributed by atoms with Gasteiger partial charge in [-0.3, -0.25) is 4.98 Å². The van der Waals surface area contributed by atoms with Gasteiger partial charge in [0.1, 0.15) is 16.8 Å². The van der Waals surface area contributed by atoms with Crippen molar-refractivity contribution in [3.8, 4) is 5.75 Å². The van der Waals surface area contributed by atoms with Crippen molar-refractivity contribution in [2.24, 2.45) is 0 Å². The Labute approximate surface area is 111 Å². The molecular weight excluding hydrogens is 244 g/mol. The fourth-order valence-electron chi connectivity index (χ4n) is 1.95. The Morgan fingerprint density at radius 2 is 2.16 bits per heavy atom. The van der Waals surface area contributed by atoms with E-state index < -0.39 is 5.97 Å². The number of methoxy groups -OCH3 is 1. The quantitative estimate of drug-likeness (QED) is 0.857. The molecule has 1 heterocycles. The summed E-state index contributed by atoms with van der Waals surface area (Å²) in [5.74, 6) is 0.173. The summed E-state index contributed by atoms with van der Waals surface area (Å²) in [5.41, 5.74) is 8.31. The van der Waals surface area contributed by atoms with Crippen molar-refractivity contribution in [2.45, 2.75) is 13.8 Å². The Morgan fingerprint density at radius 1 is 1.42 bits per heavy atom. The second kappa shape index (κ2) is 5.14. The molecule has 0 fully saturated rings. The van der Waals surface area contributed by atoms with E-state index in [0.717, 1.165) is 5.56 Å². The van der Waals surface area contributed by atoms with Crippen molar-refractivity contribution in [2.75, 3.05) is 19.5 Å². The molecule has 1 aromatic heterocycles. The van der Waals surface area contributed by atoms with Gasteiger partial charge in [-0.05, 0) is 31.5 Å². The maximum absolute atomic E-state index is 11.8. The lowest BCUT2D eigenvalue weighted by Crippen LogP contribution is -2.09. The summed E-state index contributed by atoms with van der Waals surface area (Å²) < 4.78 is 10.2. The van der Waals surface area contributed by atoms with E-state index >= 15 is 0 Å². The minimum Gasteiger partial charge on any atom is -0.494 e. The molecule has 100 valence electrons. The summed E-state index contributed by atoms with van der Waals surface area (Å²) >= 11 is 0. The van der Waals surface area contributed by atoms with E-state index in [1.165, 1.54) is 6.20 Å².